The van der Waals surface area contributed by atoms with Crippen LogP contribution >= 0.6 is 0 Å². The van der Waals surface area contributed by atoms with Gasteiger partial charge in [0.15, 0.2) is 5.82 Å². The maximum atomic E-state index is 4.15. The van der Waals surface area contributed by atoms with Gasteiger partial charge in [0.2, 0.25) is 0 Å². The molecule has 1 aromatic carbocycles. The fraction of sp³-hybridized carbons (Fsp3) is 0.200. The second-order valence-corrected chi connectivity index (χ2v) is 4.84. The van der Waals surface area contributed by atoms with E-state index in [2.05, 4.69) is 38.8 Å². The Morgan fingerprint density at radius 1 is 1.19 bits per heavy atom. The van der Waals surface area contributed by atoms with Crippen LogP contribution in [0.2, 0.25) is 0 Å². The van der Waals surface area contributed by atoms with E-state index in [0.29, 0.717) is 0 Å². The molecular formula is C15H16N6. The quantitative estimate of drug-likeness (QED) is 0.795. The molecule has 3 rings (SSSR count). The van der Waals surface area contributed by atoms with Gasteiger partial charge in [-0.1, -0.05) is 12.1 Å². The molecule has 0 aliphatic heterocycles. The molecule has 2 aromatic heterocycles. The summed E-state index contributed by atoms with van der Waals surface area (Å²) in [6.07, 6.45) is 3.64. The van der Waals surface area contributed by atoms with Crippen molar-refractivity contribution in [3.05, 3.63) is 60.2 Å². The Morgan fingerprint density at radius 3 is 2.81 bits per heavy atom. The molecule has 21 heavy (non-hydrogen) atoms. The van der Waals surface area contributed by atoms with Crippen molar-refractivity contribution in [2.45, 2.75) is 19.9 Å². The smallest absolute Gasteiger partial charge is 0.153 e. The summed E-state index contributed by atoms with van der Waals surface area (Å²) >= 11 is 0. The first-order valence-corrected chi connectivity index (χ1v) is 6.76. The van der Waals surface area contributed by atoms with Crippen LogP contribution in [0, 0.1) is 6.92 Å². The van der Waals surface area contributed by atoms with Crippen LogP contribution in [0.1, 0.15) is 24.4 Å². The van der Waals surface area contributed by atoms with Gasteiger partial charge in [-0.05, 0) is 54.1 Å². The molecule has 6 heteroatoms. The fourth-order valence-corrected chi connectivity index (χ4v) is 2.16. The van der Waals surface area contributed by atoms with Crippen LogP contribution < -0.4 is 5.32 Å². The number of hydrogen-bond donors (Lipinski definition) is 1. The average molecular weight is 280 g/mol. The minimum Gasteiger partial charge on any atom is -0.378 e. The van der Waals surface area contributed by atoms with Gasteiger partial charge in [-0.25, -0.2) is 0 Å². The monoisotopic (exact) mass is 280 g/mol. The minimum absolute atomic E-state index is 0.170. The number of rotatable bonds is 4. The lowest BCUT2D eigenvalue weighted by Gasteiger charge is -2.16. The summed E-state index contributed by atoms with van der Waals surface area (Å²) in [6.45, 7) is 3.98. The van der Waals surface area contributed by atoms with Gasteiger partial charge in [0.05, 0.1) is 11.7 Å². The first-order chi connectivity index (χ1) is 10.2. The van der Waals surface area contributed by atoms with Gasteiger partial charge >= 0.3 is 0 Å². The molecule has 0 saturated carbocycles. The van der Waals surface area contributed by atoms with E-state index in [1.807, 2.05) is 43.5 Å². The van der Waals surface area contributed by atoms with Gasteiger partial charge < -0.3 is 5.32 Å². The zero-order valence-electron chi connectivity index (χ0n) is 11.9. The van der Waals surface area contributed by atoms with E-state index in [4.69, 9.17) is 0 Å². The van der Waals surface area contributed by atoms with Gasteiger partial charge in [-0.15, -0.1) is 5.10 Å². The van der Waals surface area contributed by atoms with E-state index in [9.17, 15) is 0 Å². The number of tetrazole rings is 1. The molecule has 6 nitrogen and oxygen atoms in total. The largest absolute Gasteiger partial charge is 0.378 e. The predicted molar refractivity (Wildman–Crippen MR) is 80.2 cm³/mol. The standard InChI is InChI=1S/C15H16N6/c1-11(13-5-4-8-16-10-13)17-14-6-3-7-15(9-14)21-12(2)18-19-20-21/h3-11,17H,1-2H3. The van der Waals surface area contributed by atoms with E-state index in [1.165, 1.54) is 0 Å². The third kappa shape index (κ3) is 2.89. The molecule has 0 bridgehead atoms. The van der Waals surface area contributed by atoms with Gasteiger partial charge in [0.1, 0.15) is 0 Å². The molecular weight excluding hydrogens is 264 g/mol. The third-order valence-electron chi connectivity index (χ3n) is 3.28. The van der Waals surface area contributed by atoms with Gasteiger partial charge in [-0.2, -0.15) is 4.68 Å². The zero-order valence-corrected chi connectivity index (χ0v) is 11.9. The first-order valence-electron chi connectivity index (χ1n) is 6.76. The van der Waals surface area contributed by atoms with E-state index in [1.54, 1.807) is 10.9 Å². The topological polar surface area (TPSA) is 68.5 Å². The fourth-order valence-electron chi connectivity index (χ4n) is 2.16. The van der Waals surface area contributed by atoms with Crippen LogP contribution in [0.25, 0.3) is 5.69 Å². The Morgan fingerprint density at radius 2 is 2.10 bits per heavy atom. The van der Waals surface area contributed by atoms with Crippen LogP contribution in [0.3, 0.4) is 0 Å². The number of pyridine rings is 1. The van der Waals surface area contributed by atoms with Crippen LogP contribution in [-0.4, -0.2) is 25.2 Å². The first kappa shape index (κ1) is 13.2. The number of nitrogens with one attached hydrogen (secondary N) is 1. The molecule has 0 fully saturated rings. The average Bonchev–Trinajstić information content (AvgIpc) is 2.94. The van der Waals surface area contributed by atoms with Crippen LogP contribution in [-0.2, 0) is 0 Å². The Bertz CT molecular complexity index is 722. The van der Waals surface area contributed by atoms with Gasteiger partial charge in [-0.3, -0.25) is 4.98 Å². The number of hydrogen-bond acceptors (Lipinski definition) is 5. The van der Waals surface area contributed by atoms with Crippen LogP contribution in [0.15, 0.2) is 48.8 Å². The minimum atomic E-state index is 0.170. The number of aryl methyl sites for hydroxylation is 1. The van der Waals surface area contributed by atoms with Gasteiger partial charge in [0, 0.05) is 18.1 Å². The number of anilines is 1. The lowest BCUT2D eigenvalue weighted by Crippen LogP contribution is -2.07. The molecule has 0 aliphatic carbocycles. The molecule has 0 amide bonds. The summed E-state index contributed by atoms with van der Waals surface area (Å²) in [4.78, 5) is 4.15. The number of nitrogens with zero attached hydrogens (tertiary/aromatic N) is 5. The second-order valence-electron chi connectivity index (χ2n) is 4.84. The van der Waals surface area contributed by atoms with E-state index in [0.717, 1.165) is 22.8 Å². The molecule has 3 aromatic rings. The summed E-state index contributed by atoms with van der Waals surface area (Å²) in [5.41, 5.74) is 3.08. The second kappa shape index (κ2) is 5.70. The highest BCUT2D eigenvalue weighted by Crippen LogP contribution is 2.20. The normalized spacial score (nSPS) is 12.1. The Kier molecular flexibility index (Phi) is 3.59. The van der Waals surface area contributed by atoms with Crippen molar-refractivity contribution >= 4 is 5.69 Å². The van der Waals surface area contributed by atoms with E-state index < -0.39 is 0 Å². The van der Waals surface area contributed by atoms with Gasteiger partial charge in [0.25, 0.3) is 0 Å². The molecule has 1 atom stereocenters. The summed E-state index contributed by atoms with van der Waals surface area (Å²) in [6, 6.07) is 12.2. The molecule has 2 heterocycles. The molecule has 1 N–H and O–H groups in total. The SMILES string of the molecule is Cc1nnnn1-c1cccc(NC(C)c2cccnc2)c1. The molecule has 1 unspecified atom stereocenters. The highest BCUT2D eigenvalue weighted by molar-refractivity contribution is 5.52. The molecule has 0 spiro atoms. The Labute approximate surface area is 122 Å². The van der Waals surface area contributed by atoms with Crippen molar-refractivity contribution in [2.24, 2.45) is 0 Å². The summed E-state index contributed by atoms with van der Waals surface area (Å²) in [5.74, 6) is 0.757. The molecule has 0 saturated heterocycles. The van der Waals surface area contributed by atoms with Crippen molar-refractivity contribution in [3.8, 4) is 5.69 Å². The van der Waals surface area contributed by atoms with Crippen molar-refractivity contribution in [1.82, 2.24) is 25.2 Å². The summed E-state index contributed by atoms with van der Waals surface area (Å²) < 4.78 is 1.71. The maximum absolute atomic E-state index is 4.15. The number of benzene rings is 1. The summed E-state index contributed by atoms with van der Waals surface area (Å²) in [5, 5.41) is 15.0. The lowest BCUT2D eigenvalue weighted by atomic mass is 10.1. The van der Waals surface area contributed by atoms with Crippen molar-refractivity contribution < 1.29 is 0 Å². The Balaban J connectivity index is 1.82. The number of aromatic nitrogens is 5. The zero-order chi connectivity index (χ0) is 14.7. The van der Waals surface area contributed by atoms with Crippen molar-refractivity contribution in [1.29, 1.82) is 0 Å². The molecule has 0 radical (unpaired) electrons. The summed E-state index contributed by atoms with van der Waals surface area (Å²) in [7, 11) is 0. The van der Waals surface area contributed by atoms with Crippen molar-refractivity contribution in [2.75, 3.05) is 5.32 Å². The van der Waals surface area contributed by atoms with E-state index >= 15 is 0 Å². The van der Waals surface area contributed by atoms with Crippen LogP contribution in [0.4, 0.5) is 5.69 Å². The highest BCUT2D eigenvalue weighted by Gasteiger charge is 2.07. The highest BCUT2D eigenvalue weighted by atomic mass is 15.5. The Hall–Kier alpha value is -2.76. The van der Waals surface area contributed by atoms with Crippen molar-refractivity contribution in [3.63, 3.8) is 0 Å². The lowest BCUT2D eigenvalue weighted by molar-refractivity contribution is 0.779. The molecule has 106 valence electrons. The van der Waals surface area contributed by atoms with E-state index in [-0.39, 0.29) is 6.04 Å². The maximum Gasteiger partial charge on any atom is 0.153 e. The molecule has 0 aliphatic rings. The van der Waals surface area contributed by atoms with Crippen LogP contribution in [0.5, 0.6) is 0 Å². The predicted octanol–water partition coefficient (Wildman–Crippen LogP) is 2.54. The third-order valence-corrected chi connectivity index (χ3v) is 3.28.